The molecule has 2 amide bonds. The van der Waals surface area contributed by atoms with E-state index in [0.29, 0.717) is 46.9 Å². The number of nitrogens with zero attached hydrogens (tertiary/aromatic N) is 5. The molecule has 0 aliphatic carbocycles. The third kappa shape index (κ3) is 3.92. The van der Waals surface area contributed by atoms with Crippen molar-refractivity contribution in [3.05, 3.63) is 76.8 Å². The molecule has 1 aliphatic rings. The van der Waals surface area contributed by atoms with Crippen LogP contribution in [0, 0.1) is 12.7 Å². The topological polar surface area (TPSA) is 84.5 Å². The smallest absolute Gasteiger partial charge is 0.293 e. The number of rotatable bonds is 3. The molecular weight excluding hydrogens is 461 g/mol. The molecule has 0 spiro atoms. The quantitative estimate of drug-likeness (QED) is 0.440. The monoisotopic (exact) mass is 481 g/mol. The van der Waals surface area contributed by atoms with Crippen LogP contribution in [0.1, 0.15) is 33.7 Å². The zero-order valence-corrected chi connectivity index (χ0v) is 19.3. The van der Waals surface area contributed by atoms with Crippen molar-refractivity contribution in [2.45, 2.75) is 19.9 Å². The first-order chi connectivity index (χ1) is 16.3. The molecule has 2 aromatic heterocycles. The molecule has 0 unspecified atom stereocenters. The lowest BCUT2D eigenvalue weighted by molar-refractivity contribution is 0.0391. The summed E-state index contributed by atoms with van der Waals surface area (Å²) in [6.07, 6.45) is 1.47. The zero-order valence-electron chi connectivity index (χ0n) is 18.5. The Hall–Kier alpha value is -3.72. The molecule has 3 heterocycles. The van der Waals surface area contributed by atoms with Crippen molar-refractivity contribution in [2.75, 3.05) is 19.6 Å². The third-order valence-corrected chi connectivity index (χ3v) is 6.26. The highest BCUT2D eigenvalue weighted by molar-refractivity contribution is 6.30. The summed E-state index contributed by atoms with van der Waals surface area (Å²) in [5.74, 6) is -0.717. The van der Waals surface area contributed by atoms with Crippen LogP contribution >= 0.6 is 11.6 Å². The molecule has 0 N–H and O–H groups in total. The van der Waals surface area contributed by atoms with Crippen LogP contribution in [0.15, 0.2) is 53.2 Å². The average molecular weight is 482 g/mol. The first-order valence-corrected chi connectivity index (χ1v) is 11.2. The fraction of sp³-hybridized carbons (Fsp3) is 0.250. The number of halogens is 2. The van der Waals surface area contributed by atoms with Gasteiger partial charge >= 0.3 is 0 Å². The highest BCUT2D eigenvalue weighted by atomic mass is 35.5. The second-order valence-corrected chi connectivity index (χ2v) is 8.72. The maximum atomic E-state index is 13.6. The summed E-state index contributed by atoms with van der Waals surface area (Å²) in [7, 11) is 0. The van der Waals surface area contributed by atoms with Crippen LogP contribution in [0.25, 0.3) is 16.7 Å². The van der Waals surface area contributed by atoms with E-state index in [1.165, 1.54) is 29.2 Å². The number of aromatic nitrogens is 3. The van der Waals surface area contributed by atoms with Gasteiger partial charge in [0.1, 0.15) is 17.7 Å². The number of benzene rings is 2. The summed E-state index contributed by atoms with van der Waals surface area (Å²) in [5, 5.41) is 5.43. The fourth-order valence-corrected chi connectivity index (χ4v) is 4.40. The van der Waals surface area contributed by atoms with Gasteiger partial charge in [-0.25, -0.2) is 14.1 Å². The van der Waals surface area contributed by atoms with E-state index < -0.39 is 0 Å². The lowest BCUT2D eigenvalue weighted by Crippen LogP contribution is -2.55. The maximum Gasteiger partial charge on any atom is 0.293 e. The van der Waals surface area contributed by atoms with Gasteiger partial charge in [-0.15, -0.1) is 5.10 Å². The minimum atomic E-state index is -0.387. The number of piperazine rings is 1. The number of aryl methyl sites for hydroxylation is 1. The summed E-state index contributed by atoms with van der Waals surface area (Å²) >= 11 is 6.03. The maximum absolute atomic E-state index is 13.6. The molecule has 0 saturated carbocycles. The van der Waals surface area contributed by atoms with Crippen molar-refractivity contribution in [1.29, 1.82) is 0 Å². The molecule has 4 aromatic rings. The SMILES string of the molecule is Cc1c(C(=O)N2CCN(C(=O)c3ncn(-c4cccc(Cl)c4)n3)C[C@@H]2C)oc2ccc(F)cc12. The van der Waals surface area contributed by atoms with Crippen molar-refractivity contribution >= 4 is 34.4 Å². The number of amides is 2. The Kier molecular flexibility index (Phi) is 5.57. The molecule has 34 heavy (non-hydrogen) atoms. The molecule has 1 aliphatic heterocycles. The van der Waals surface area contributed by atoms with Crippen LogP contribution in [0.3, 0.4) is 0 Å². The minimum Gasteiger partial charge on any atom is -0.451 e. The molecule has 10 heteroatoms. The molecule has 1 fully saturated rings. The Morgan fingerprint density at radius 3 is 2.74 bits per heavy atom. The Morgan fingerprint density at radius 1 is 1.15 bits per heavy atom. The zero-order chi connectivity index (χ0) is 24.0. The molecule has 8 nitrogen and oxygen atoms in total. The van der Waals surface area contributed by atoms with Crippen LogP contribution < -0.4 is 0 Å². The van der Waals surface area contributed by atoms with Crippen LogP contribution in [-0.4, -0.2) is 62.1 Å². The number of furan rings is 1. The number of carbonyl (C=O) groups excluding carboxylic acids is 2. The van der Waals surface area contributed by atoms with E-state index in [-0.39, 0.29) is 35.3 Å². The van der Waals surface area contributed by atoms with Gasteiger partial charge in [0.15, 0.2) is 5.76 Å². The normalized spacial score (nSPS) is 16.3. The van der Waals surface area contributed by atoms with Gasteiger partial charge in [-0.1, -0.05) is 17.7 Å². The summed E-state index contributed by atoms with van der Waals surface area (Å²) in [4.78, 5) is 33.7. The Bertz CT molecular complexity index is 1410. The summed E-state index contributed by atoms with van der Waals surface area (Å²) in [6.45, 7) is 4.59. The molecule has 0 bridgehead atoms. The van der Waals surface area contributed by atoms with Crippen molar-refractivity contribution in [1.82, 2.24) is 24.6 Å². The molecule has 5 rings (SSSR count). The minimum absolute atomic E-state index is 0.0714. The lowest BCUT2D eigenvalue weighted by atomic mass is 10.1. The van der Waals surface area contributed by atoms with E-state index in [9.17, 15) is 14.0 Å². The van der Waals surface area contributed by atoms with Crippen LogP contribution in [0.4, 0.5) is 4.39 Å². The van der Waals surface area contributed by atoms with E-state index in [2.05, 4.69) is 10.1 Å². The number of carbonyl (C=O) groups is 2. The van der Waals surface area contributed by atoms with Crippen LogP contribution in [-0.2, 0) is 0 Å². The molecular formula is C24H21ClFN5O3. The van der Waals surface area contributed by atoms with E-state index in [0.717, 1.165) is 0 Å². The van der Waals surface area contributed by atoms with Gasteiger partial charge in [0.05, 0.1) is 5.69 Å². The van der Waals surface area contributed by atoms with Crippen LogP contribution in [0.2, 0.25) is 5.02 Å². The Labute approximate surface area is 199 Å². The molecule has 1 atom stereocenters. The first-order valence-electron chi connectivity index (χ1n) is 10.8. The van der Waals surface area contributed by atoms with Gasteiger partial charge in [0, 0.05) is 41.6 Å². The molecule has 1 saturated heterocycles. The highest BCUT2D eigenvalue weighted by Crippen LogP contribution is 2.28. The van der Waals surface area contributed by atoms with Crippen LogP contribution in [0.5, 0.6) is 0 Å². The first kappa shape index (κ1) is 22.1. The Morgan fingerprint density at radius 2 is 1.97 bits per heavy atom. The van der Waals surface area contributed by atoms with Crippen molar-refractivity contribution < 1.29 is 18.4 Å². The van der Waals surface area contributed by atoms with Gasteiger partial charge < -0.3 is 14.2 Å². The van der Waals surface area contributed by atoms with Gasteiger partial charge in [-0.05, 0) is 50.2 Å². The number of fused-ring (bicyclic) bond motifs is 1. The van der Waals surface area contributed by atoms with Crippen molar-refractivity contribution in [2.24, 2.45) is 0 Å². The molecule has 2 aromatic carbocycles. The fourth-order valence-electron chi connectivity index (χ4n) is 4.22. The summed E-state index contributed by atoms with van der Waals surface area (Å²) < 4.78 is 20.9. The number of hydrogen-bond donors (Lipinski definition) is 0. The lowest BCUT2D eigenvalue weighted by Gasteiger charge is -2.39. The predicted octanol–water partition coefficient (Wildman–Crippen LogP) is 4.10. The van der Waals surface area contributed by atoms with E-state index >= 15 is 0 Å². The number of hydrogen-bond acceptors (Lipinski definition) is 5. The van der Waals surface area contributed by atoms with E-state index in [1.807, 2.05) is 13.0 Å². The Balaban J connectivity index is 1.30. The molecule has 0 radical (unpaired) electrons. The predicted molar refractivity (Wildman–Crippen MR) is 124 cm³/mol. The molecule has 174 valence electrons. The average Bonchev–Trinajstić information content (AvgIpc) is 3.44. The van der Waals surface area contributed by atoms with Gasteiger partial charge in [-0.2, -0.15) is 0 Å². The van der Waals surface area contributed by atoms with Gasteiger partial charge in [-0.3, -0.25) is 9.59 Å². The summed E-state index contributed by atoms with van der Waals surface area (Å²) in [5.41, 5.74) is 1.76. The van der Waals surface area contributed by atoms with E-state index in [1.54, 1.807) is 34.9 Å². The van der Waals surface area contributed by atoms with Gasteiger partial charge in [0.2, 0.25) is 5.82 Å². The largest absolute Gasteiger partial charge is 0.451 e. The van der Waals surface area contributed by atoms with Crippen molar-refractivity contribution in [3.63, 3.8) is 0 Å². The second kappa shape index (κ2) is 8.57. The highest BCUT2D eigenvalue weighted by Gasteiger charge is 2.34. The van der Waals surface area contributed by atoms with Crippen molar-refractivity contribution in [3.8, 4) is 5.69 Å². The van der Waals surface area contributed by atoms with Gasteiger partial charge in [0.25, 0.3) is 11.8 Å². The standard InChI is InChI=1S/C24H21ClFN5O3/c1-14-12-29(24(33)22-27-13-31(28-22)18-5-3-4-16(25)10-18)8-9-30(14)23(32)21-15(2)19-11-17(26)6-7-20(19)34-21/h3-7,10-11,13-14H,8-9,12H2,1-2H3/t14-/m0/s1. The second-order valence-electron chi connectivity index (χ2n) is 8.29. The van der Waals surface area contributed by atoms with E-state index in [4.69, 9.17) is 16.0 Å². The summed E-state index contributed by atoms with van der Waals surface area (Å²) in [6, 6.07) is 11.0. The third-order valence-electron chi connectivity index (χ3n) is 6.02.